The number of rotatable bonds is 11. The Kier molecular flexibility index (Phi) is 9.82. The number of aliphatic hydroxyl groups is 1. The summed E-state index contributed by atoms with van der Waals surface area (Å²) < 4.78 is 0. The maximum absolute atomic E-state index is 12.6. The topological polar surface area (TPSA) is 226 Å². The number of hydrogen-bond acceptors (Lipinski definition) is 7. The van der Waals surface area contributed by atoms with E-state index in [0.717, 1.165) is 4.90 Å². The second-order valence-corrected chi connectivity index (χ2v) is 6.54. The van der Waals surface area contributed by atoms with Crippen molar-refractivity contribution in [3.63, 3.8) is 0 Å². The molecule has 1 aliphatic heterocycles. The number of guanidine groups is 1. The van der Waals surface area contributed by atoms with Crippen molar-refractivity contribution in [2.24, 2.45) is 22.2 Å². The fourth-order valence-electron chi connectivity index (χ4n) is 2.97. The summed E-state index contributed by atoms with van der Waals surface area (Å²) in [7, 11) is 0. The molecule has 1 heterocycles. The lowest BCUT2D eigenvalue weighted by Gasteiger charge is -2.27. The molecule has 164 valence electrons. The van der Waals surface area contributed by atoms with Gasteiger partial charge < -0.3 is 42.9 Å². The molecule has 0 aromatic rings. The van der Waals surface area contributed by atoms with Crippen molar-refractivity contribution in [3.8, 4) is 0 Å². The first-order valence-corrected chi connectivity index (χ1v) is 9.20. The molecule has 1 aliphatic rings. The lowest BCUT2D eigenvalue weighted by Crippen LogP contribution is -2.57. The second-order valence-electron chi connectivity index (χ2n) is 6.54. The smallest absolute Gasteiger partial charge is 0.326 e. The van der Waals surface area contributed by atoms with E-state index < -0.39 is 48.4 Å². The number of carbonyl (C=O) groups excluding carboxylic acids is 3. The Hall–Kier alpha value is -2.93. The SMILES string of the molecule is NCC(=O)NC(CCCN=C(N)N)C(=O)NC(CO)C(=O)N1CCCC1C(=O)O. The molecule has 0 aromatic carbocycles. The number of aliphatic hydroxyl groups excluding tert-OH is 1. The Morgan fingerprint density at radius 2 is 1.86 bits per heavy atom. The van der Waals surface area contributed by atoms with Crippen LogP contribution in [0.25, 0.3) is 0 Å². The minimum Gasteiger partial charge on any atom is -0.480 e. The monoisotopic (exact) mass is 415 g/mol. The highest BCUT2D eigenvalue weighted by Gasteiger charge is 2.38. The van der Waals surface area contributed by atoms with Gasteiger partial charge >= 0.3 is 5.97 Å². The number of aliphatic carboxylic acids is 1. The van der Waals surface area contributed by atoms with Gasteiger partial charge in [0.1, 0.15) is 18.1 Å². The summed E-state index contributed by atoms with van der Waals surface area (Å²) in [6, 6.07) is -3.37. The van der Waals surface area contributed by atoms with Crippen LogP contribution in [0.1, 0.15) is 25.7 Å². The van der Waals surface area contributed by atoms with Crippen LogP contribution < -0.4 is 27.8 Å². The van der Waals surface area contributed by atoms with Crippen molar-refractivity contribution in [1.29, 1.82) is 0 Å². The second kappa shape index (κ2) is 11.8. The highest BCUT2D eigenvalue weighted by Crippen LogP contribution is 2.18. The molecule has 1 rings (SSSR count). The quantitative estimate of drug-likeness (QED) is 0.0990. The predicted molar refractivity (Wildman–Crippen MR) is 102 cm³/mol. The van der Waals surface area contributed by atoms with Gasteiger partial charge in [0.05, 0.1) is 13.2 Å². The fourth-order valence-corrected chi connectivity index (χ4v) is 2.97. The number of hydrogen-bond donors (Lipinski definition) is 7. The Labute approximate surface area is 167 Å². The summed E-state index contributed by atoms with van der Waals surface area (Å²) in [6.45, 7) is -0.623. The van der Waals surface area contributed by atoms with Crippen LogP contribution in [0.4, 0.5) is 0 Å². The molecule has 13 heteroatoms. The number of aliphatic imine (C=N–C) groups is 1. The number of carbonyl (C=O) groups is 4. The van der Waals surface area contributed by atoms with Crippen molar-refractivity contribution in [3.05, 3.63) is 0 Å². The number of carboxylic acids is 1. The van der Waals surface area contributed by atoms with Crippen molar-refractivity contribution < 1.29 is 29.4 Å². The van der Waals surface area contributed by atoms with E-state index in [2.05, 4.69) is 15.6 Å². The Balaban J connectivity index is 2.79. The van der Waals surface area contributed by atoms with E-state index in [0.29, 0.717) is 19.3 Å². The molecule has 1 saturated heterocycles. The van der Waals surface area contributed by atoms with E-state index in [4.69, 9.17) is 17.2 Å². The molecule has 3 atom stereocenters. The molecular formula is C16H29N7O6. The number of nitrogens with one attached hydrogen (secondary N) is 2. The first kappa shape index (κ1) is 24.1. The van der Waals surface area contributed by atoms with Gasteiger partial charge in [-0.3, -0.25) is 19.4 Å². The average molecular weight is 415 g/mol. The Bertz CT molecular complexity index is 637. The minimum atomic E-state index is -1.34. The van der Waals surface area contributed by atoms with Crippen molar-refractivity contribution in [1.82, 2.24) is 15.5 Å². The molecule has 0 aromatic heterocycles. The molecule has 10 N–H and O–H groups in total. The molecular weight excluding hydrogens is 386 g/mol. The highest BCUT2D eigenvalue weighted by atomic mass is 16.4. The zero-order chi connectivity index (χ0) is 22.0. The predicted octanol–water partition coefficient (Wildman–Crippen LogP) is -3.96. The maximum atomic E-state index is 12.6. The summed E-state index contributed by atoms with van der Waals surface area (Å²) >= 11 is 0. The third kappa shape index (κ3) is 7.54. The van der Waals surface area contributed by atoms with Gasteiger partial charge in [-0.05, 0) is 25.7 Å². The number of nitrogens with two attached hydrogens (primary N) is 3. The van der Waals surface area contributed by atoms with E-state index >= 15 is 0 Å². The largest absolute Gasteiger partial charge is 0.480 e. The zero-order valence-corrected chi connectivity index (χ0v) is 16.0. The number of carboxylic acid groups (broad SMARTS) is 1. The van der Waals surface area contributed by atoms with Crippen LogP contribution in [0.5, 0.6) is 0 Å². The normalized spacial score (nSPS) is 17.9. The van der Waals surface area contributed by atoms with Crippen LogP contribution >= 0.6 is 0 Å². The van der Waals surface area contributed by atoms with Crippen LogP contribution in [0.15, 0.2) is 4.99 Å². The molecule has 3 amide bonds. The molecule has 0 bridgehead atoms. The molecule has 13 nitrogen and oxygen atoms in total. The molecule has 0 aliphatic carbocycles. The molecule has 29 heavy (non-hydrogen) atoms. The fraction of sp³-hybridized carbons (Fsp3) is 0.688. The molecule has 0 radical (unpaired) electrons. The lowest BCUT2D eigenvalue weighted by atomic mass is 10.1. The van der Waals surface area contributed by atoms with Crippen LogP contribution in [0, 0.1) is 0 Å². The standard InChI is InChI=1S/C16H29N7O6/c17-7-12(25)21-9(3-1-5-20-16(18)19)13(26)22-10(8-24)14(27)23-6-2-4-11(23)15(28)29/h9-11,24H,1-8,17H2,(H,21,25)(H,22,26)(H,28,29)(H4,18,19,20). The van der Waals surface area contributed by atoms with Gasteiger partial charge in [0.25, 0.3) is 0 Å². The Morgan fingerprint density at radius 3 is 2.41 bits per heavy atom. The van der Waals surface area contributed by atoms with Crippen molar-refractivity contribution in [2.45, 2.75) is 43.8 Å². The highest BCUT2D eigenvalue weighted by molar-refractivity contribution is 5.93. The summed E-state index contributed by atoms with van der Waals surface area (Å²) in [5.74, 6) is -3.25. The number of amides is 3. The van der Waals surface area contributed by atoms with Gasteiger partial charge in [-0.15, -0.1) is 0 Å². The lowest BCUT2D eigenvalue weighted by molar-refractivity contribution is -0.150. The molecule has 3 unspecified atom stereocenters. The van der Waals surface area contributed by atoms with Crippen LogP contribution in [0.2, 0.25) is 0 Å². The summed E-state index contributed by atoms with van der Waals surface area (Å²) in [5.41, 5.74) is 15.7. The number of nitrogens with zero attached hydrogens (tertiary/aromatic N) is 2. The summed E-state index contributed by atoms with van der Waals surface area (Å²) in [6.07, 6.45) is 1.32. The van der Waals surface area contributed by atoms with Gasteiger partial charge in [0, 0.05) is 13.1 Å². The van der Waals surface area contributed by atoms with E-state index in [1.54, 1.807) is 0 Å². The van der Waals surface area contributed by atoms with E-state index in [1.807, 2.05) is 0 Å². The summed E-state index contributed by atoms with van der Waals surface area (Å²) in [5, 5.41) is 23.6. The van der Waals surface area contributed by atoms with Crippen LogP contribution in [0.3, 0.4) is 0 Å². The molecule has 1 fully saturated rings. The number of likely N-dealkylation sites (tertiary alicyclic amines) is 1. The van der Waals surface area contributed by atoms with Gasteiger partial charge in [0.15, 0.2) is 5.96 Å². The van der Waals surface area contributed by atoms with Crippen LogP contribution in [-0.4, -0.2) is 89.1 Å². The van der Waals surface area contributed by atoms with Gasteiger partial charge in [-0.2, -0.15) is 0 Å². The third-order valence-corrected chi connectivity index (χ3v) is 4.40. The zero-order valence-electron chi connectivity index (χ0n) is 16.0. The first-order valence-electron chi connectivity index (χ1n) is 9.20. The Morgan fingerprint density at radius 1 is 1.17 bits per heavy atom. The maximum Gasteiger partial charge on any atom is 0.326 e. The molecule has 0 spiro atoms. The van der Waals surface area contributed by atoms with Gasteiger partial charge in [-0.25, -0.2) is 4.79 Å². The van der Waals surface area contributed by atoms with Gasteiger partial charge in [-0.1, -0.05) is 0 Å². The summed E-state index contributed by atoms with van der Waals surface area (Å²) in [4.78, 5) is 53.0. The van der Waals surface area contributed by atoms with Crippen LogP contribution in [-0.2, 0) is 19.2 Å². The van der Waals surface area contributed by atoms with E-state index in [-0.39, 0.29) is 32.0 Å². The van der Waals surface area contributed by atoms with Crippen molar-refractivity contribution >= 4 is 29.7 Å². The third-order valence-electron chi connectivity index (χ3n) is 4.40. The average Bonchev–Trinajstić information content (AvgIpc) is 3.17. The van der Waals surface area contributed by atoms with Crippen molar-refractivity contribution in [2.75, 3.05) is 26.2 Å². The first-order chi connectivity index (χ1) is 13.7. The van der Waals surface area contributed by atoms with E-state index in [9.17, 15) is 29.4 Å². The van der Waals surface area contributed by atoms with Gasteiger partial charge in [0.2, 0.25) is 17.7 Å². The van der Waals surface area contributed by atoms with E-state index in [1.165, 1.54) is 0 Å². The molecule has 0 saturated carbocycles. The minimum absolute atomic E-state index is 0.110.